The van der Waals surface area contributed by atoms with E-state index in [1.165, 1.54) is 41.9 Å². The summed E-state index contributed by atoms with van der Waals surface area (Å²) in [7, 11) is 0. The first-order valence-electron chi connectivity index (χ1n) is 7.84. The van der Waals surface area contributed by atoms with E-state index in [0.717, 1.165) is 12.2 Å². The fourth-order valence-electron chi connectivity index (χ4n) is 3.62. The molecule has 0 bridgehead atoms. The molecule has 2 heterocycles. The molecular weight excluding hydrogens is 256 g/mol. The summed E-state index contributed by atoms with van der Waals surface area (Å²) in [5, 5.41) is 0. The molecular formula is C19H20N2. The summed E-state index contributed by atoms with van der Waals surface area (Å²) in [6, 6.07) is 17.0. The van der Waals surface area contributed by atoms with Crippen molar-refractivity contribution in [2.24, 2.45) is 10.9 Å². The van der Waals surface area contributed by atoms with E-state index < -0.39 is 0 Å². The van der Waals surface area contributed by atoms with Crippen LogP contribution in [0.1, 0.15) is 24.5 Å². The molecule has 21 heavy (non-hydrogen) atoms. The molecule has 2 aromatic carbocycles. The van der Waals surface area contributed by atoms with E-state index in [1.807, 2.05) is 6.07 Å². The molecule has 0 amide bonds. The van der Waals surface area contributed by atoms with Gasteiger partial charge in [0.1, 0.15) is 0 Å². The third kappa shape index (κ3) is 2.15. The molecule has 0 saturated heterocycles. The van der Waals surface area contributed by atoms with Gasteiger partial charge in [0.2, 0.25) is 0 Å². The van der Waals surface area contributed by atoms with E-state index in [0.29, 0.717) is 5.92 Å². The summed E-state index contributed by atoms with van der Waals surface area (Å²) in [5.74, 6) is 0.478. The van der Waals surface area contributed by atoms with Crippen molar-refractivity contribution in [3.8, 4) is 0 Å². The Morgan fingerprint density at radius 1 is 1.05 bits per heavy atom. The van der Waals surface area contributed by atoms with Crippen molar-refractivity contribution in [3.05, 3.63) is 59.7 Å². The molecule has 1 atom stereocenters. The van der Waals surface area contributed by atoms with E-state index in [4.69, 9.17) is 4.99 Å². The molecule has 4 rings (SSSR count). The summed E-state index contributed by atoms with van der Waals surface area (Å²) in [6.45, 7) is 4.58. The Balaban J connectivity index is 1.87. The van der Waals surface area contributed by atoms with Gasteiger partial charge in [-0.15, -0.1) is 0 Å². The summed E-state index contributed by atoms with van der Waals surface area (Å²) in [4.78, 5) is 7.52. The molecule has 1 unspecified atom stereocenters. The normalized spacial score (nSPS) is 22.2. The van der Waals surface area contributed by atoms with Crippen molar-refractivity contribution in [2.75, 3.05) is 18.0 Å². The van der Waals surface area contributed by atoms with Crippen molar-refractivity contribution < 1.29 is 0 Å². The molecule has 2 aliphatic rings. The van der Waals surface area contributed by atoms with Crippen LogP contribution in [-0.4, -0.2) is 18.8 Å². The zero-order chi connectivity index (χ0) is 14.2. The van der Waals surface area contributed by atoms with Gasteiger partial charge in [-0.2, -0.15) is 0 Å². The van der Waals surface area contributed by atoms with Gasteiger partial charge >= 0.3 is 0 Å². The first-order valence-corrected chi connectivity index (χ1v) is 7.84. The van der Waals surface area contributed by atoms with Crippen molar-refractivity contribution in [3.63, 3.8) is 0 Å². The molecule has 0 aliphatic carbocycles. The second kappa shape index (κ2) is 5.03. The van der Waals surface area contributed by atoms with E-state index in [9.17, 15) is 0 Å². The number of anilines is 1. The van der Waals surface area contributed by atoms with Crippen molar-refractivity contribution >= 4 is 17.1 Å². The lowest BCUT2D eigenvalue weighted by Crippen LogP contribution is -2.41. The van der Waals surface area contributed by atoms with E-state index >= 15 is 0 Å². The minimum absolute atomic E-state index is 0.478. The number of aliphatic imine (C=N–C) groups is 1. The maximum absolute atomic E-state index is 4.96. The fraction of sp³-hybridized carbons (Fsp3) is 0.316. The lowest BCUT2D eigenvalue weighted by atomic mass is 9.86. The SMILES string of the molecule is CC1CN2CCCc3cccc(c32)C1=Nc1ccccc1. The molecule has 0 N–H and O–H groups in total. The van der Waals surface area contributed by atoms with Crippen LogP contribution >= 0.6 is 0 Å². The number of hydrogen-bond donors (Lipinski definition) is 0. The number of aryl methyl sites for hydroxylation is 1. The van der Waals surface area contributed by atoms with E-state index in [-0.39, 0.29) is 0 Å². The summed E-state index contributed by atoms with van der Waals surface area (Å²) < 4.78 is 0. The van der Waals surface area contributed by atoms with Crippen molar-refractivity contribution in [1.29, 1.82) is 0 Å². The summed E-state index contributed by atoms with van der Waals surface area (Å²) in [6.07, 6.45) is 2.47. The van der Waals surface area contributed by atoms with Crippen LogP contribution in [0.5, 0.6) is 0 Å². The van der Waals surface area contributed by atoms with Crippen LogP contribution in [0.15, 0.2) is 53.5 Å². The third-order valence-corrected chi connectivity index (χ3v) is 4.55. The molecule has 0 fully saturated rings. The van der Waals surface area contributed by atoms with Gasteiger partial charge in [-0.25, -0.2) is 0 Å². The van der Waals surface area contributed by atoms with E-state index in [2.05, 4.69) is 54.3 Å². The van der Waals surface area contributed by atoms with Crippen LogP contribution in [-0.2, 0) is 6.42 Å². The Bertz CT molecular complexity index is 688. The standard InChI is InChI=1S/C19H20N2/c1-14-13-21-12-6-8-15-7-5-11-17(19(15)21)18(14)20-16-9-3-2-4-10-16/h2-5,7,9-11,14H,6,8,12-13H2,1H3. The largest absolute Gasteiger partial charge is 0.370 e. The Morgan fingerprint density at radius 2 is 1.90 bits per heavy atom. The third-order valence-electron chi connectivity index (χ3n) is 4.55. The second-order valence-electron chi connectivity index (χ2n) is 6.10. The Labute approximate surface area is 126 Å². The Morgan fingerprint density at radius 3 is 2.76 bits per heavy atom. The molecule has 0 saturated carbocycles. The molecule has 2 nitrogen and oxygen atoms in total. The van der Waals surface area contributed by atoms with Gasteiger partial charge in [0.25, 0.3) is 0 Å². The molecule has 0 spiro atoms. The first kappa shape index (κ1) is 12.6. The maximum atomic E-state index is 4.96. The zero-order valence-electron chi connectivity index (χ0n) is 12.4. The molecule has 2 aromatic rings. The Hall–Kier alpha value is -2.09. The zero-order valence-corrected chi connectivity index (χ0v) is 12.4. The molecule has 2 heteroatoms. The van der Waals surface area contributed by atoms with Crippen LogP contribution in [0.25, 0.3) is 0 Å². The monoisotopic (exact) mass is 276 g/mol. The average Bonchev–Trinajstić information content (AvgIpc) is 2.52. The van der Waals surface area contributed by atoms with Crippen LogP contribution < -0.4 is 4.90 Å². The number of benzene rings is 2. The first-order chi connectivity index (χ1) is 10.3. The number of rotatable bonds is 1. The highest BCUT2D eigenvalue weighted by molar-refractivity contribution is 6.10. The van der Waals surface area contributed by atoms with Gasteiger partial charge in [-0.3, -0.25) is 4.99 Å². The minimum Gasteiger partial charge on any atom is -0.370 e. The second-order valence-corrected chi connectivity index (χ2v) is 6.10. The highest BCUT2D eigenvalue weighted by Crippen LogP contribution is 2.37. The van der Waals surface area contributed by atoms with Gasteiger partial charge in [0.05, 0.1) is 11.4 Å². The highest BCUT2D eigenvalue weighted by Gasteiger charge is 2.30. The van der Waals surface area contributed by atoms with Gasteiger partial charge in [0, 0.05) is 30.3 Å². The van der Waals surface area contributed by atoms with Gasteiger partial charge in [0.15, 0.2) is 0 Å². The predicted molar refractivity (Wildman–Crippen MR) is 88.8 cm³/mol. The maximum Gasteiger partial charge on any atom is 0.0633 e. The average molecular weight is 276 g/mol. The van der Waals surface area contributed by atoms with Gasteiger partial charge in [-0.1, -0.05) is 43.3 Å². The molecule has 0 aromatic heterocycles. The molecule has 106 valence electrons. The molecule has 0 radical (unpaired) electrons. The van der Waals surface area contributed by atoms with Gasteiger partial charge < -0.3 is 4.90 Å². The summed E-state index contributed by atoms with van der Waals surface area (Å²) in [5.41, 5.74) is 6.58. The topological polar surface area (TPSA) is 15.6 Å². The predicted octanol–water partition coefficient (Wildman–Crippen LogP) is 4.21. The van der Waals surface area contributed by atoms with Crippen molar-refractivity contribution in [1.82, 2.24) is 0 Å². The fourth-order valence-corrected chi connectivity index (χ4v) is 3.62. The lowest BCUT2D eigenvalue weighted by Gasteiger charge is -2.40. The van der Waals surface area contributed by atoms with Crippen LogP contribution in [0, 0.1) is 5.92 Å². The Kier molecular flexibility index (Phi) is 3.03. The van der Waals surface area contributed by atoms with Crippen LogP contribution in [0.4, 0.5) is 11.4 Å². The van der Waals surface area contributed by atoms with E-state index in [1.54, 1.807) is 0 Å². The molecule has 2 aliphatic heterocycles. The number of hydrogen-bond acceptors (Lipinski definition) is 2. The number of para-hydroxylation sites is 2. The minimum atomic E-state index is 0.478. The highest BCUT2D eigenvalue weighted by atomic mass is 15.2. The van der Waals surface area contributed by atoms with Gasteiger partial charge in [-0.05, 0) is 30.5 Å². The summed E-state index contributed by atoms with van der Waals surface area (Å²) >= 11 is 0. The van der Waals surface area contributed by atoms with Crippen LogP contribution in [0.3, 0.4) is 0 Å². The lowest BCUT2D eigenvalue weighted by molar-refractivity contribution is 0.627. The smallest absolute Gasteiger partial charge is 0.0633 e. The number of nitrogens with zero attached hydrogens (tertiary/aromatic N) is 2. The quantitative estimate of drug-likeness (QED) is 0.762. The van der Waals surface area contributed by atoms with Crippen molar-refractivity contribution in [2.45, 2.75) is 19.8 Å². The van der Waals surface area contributed by atoms with Crippen LogP contribution in [0.2, 0.25) is 0 Å².